The Balaban J connectivity index is 1.49. The average molecular weight is 383 g/mol. The lowest BCUT2D eigenvalue weighted by atomic mass is 9.79. The fourth-order valence-corrected chi connectivity index (χ4v) is 5.24. The van der Waals surface area contributed by atoms with Gasteiger partial charge in [0.15, 0.2) is 0 Å². The van der Waals surface area contributed by atoms with Crippen molar-refractivity contribution >= 4 is 10.0 Å². The summed E-state index contributed by atoms with van der Waals surface area (Å²) in [5.41, 5.74) is -0.150. The molecule has 2 fully saturated rings. The van der Waals surface area contributed by atoms with Gasteiger partial charge in [-0.25, -0.2) is 12.7 Å². The van der Waals surface area contributed by atoms with E-state index in [-0.39, 0.29) is 10.9 Å². The van der Waals surface area contributed by atoms with Crippen LogP contribution in [-0.4, -0.2) is 54.9 Å². The van der Waals surface area contributed by atoms with Crippen LogP contribution in [0.15, 0.2) is 24.5 Å². The Labute approximate surface area is 156 Å². The van der Waals surface area contributed by atoms with Gasteiger partial charge in [0.1, 0.15) is 5.75 Å². The Bertz CT molecular complexity index is 670. The second kappa shape index (κ2) is 8.23. The fraction of sp³-hybridized carbons (Fsp3) is 0.737. The molecule has 26 heavy (non-hydrogen) atoms. The van der Waals surface area contributed by atoms with Gasteiger partial charge in [0.25, 0.3) is 0 Å². The number of nitrogens with zero attached hydrogens (tertiary/aromatic N) is 2. The first kappa shape index (κ1) is 19.6. The van der Waals surface area contributed by atoms with Gasteiger partial charge in [0.2, 0.25) is 10.0 Å². The molecular formula is C19H30N2O4S. The van der Waals surface area contributed by atoms with Gasteiger partial charge in [0, 0.05) is 32.1 Å². The minimum Gasteiger partial charge on any atom is -0.493 e. The third-order valence-electron chi connectivity index (χ3n) is 5.63. The molecule has 2 aliphatic heterocycles. The lowest BCUT2D eigenvalue weighted by molar-refractivity contribution is -0.122. The molecule has 146 valence electrons. The highest BCUT2D eigenvalue weighted by atomic mass is 32.2. The molecule has 0 amide bonds. The lowest BCUT2D eigenvalue weighted by Gasteiger charge is -2.46. The summed E-state index contributed by atoms with van der Waals surface area (Å²) in [6.45, 7) is 6.09. The summed E-state index contributed by atoms with van der Waals surface area (Å²) in [5.74, 6) is 1.42. The number of hydrogen-bond acceptors (Lipinski definition) is 5. The third kappa shape index (κ3) is 4.56. The zero-order valence-corrected chi connectivity index (χ0v) is 16.6. The Morgan fingerprint density at radius 3 is 2.65 bits per heavy atom. The van der Waals surface area contributed by atoms with Crippen LogP contribution in [0, 0.1) is 5.92 Å². The molecule has 0 bridgehead atoms. The van der Waals surface area contributed by atoms with E-state index in [0.29, 0.717) is 25.6 Å². The number of ether oxygens (including phenoxy) is 2. The van der Waals surface area contributed by atoms with Crippen molar-refractivity contribution in [1.82, 2.24) is 9.29 Å². The Morgan fingerprint density at radius 2 is 2.00 bits per heavy atom. The summed E-state index contributed by atoms with van der Waals surface area (Å²) in [5, 5.41) is -0.359. The molecule has 6 nitrogen and oxygen atoms in total. The quantitative estimate of drug-likeness (QED) is 0.757. The van der Waals surface area contributed by atoms with Crippen LogP contribution in [-0.2, 0) is 14.8 Å². The van der Waals surface area contributed by atoms with Crippen molar-refractivity contribution < 1.29 is 17.9 Å². The molecule has 0 N–H and O–H groups in total. The Morgan fingerprint density at radius 1 is 1.31 bits per heavy atom. The van der Waals surface area contributed by atoms with Gasteiger partial charge in [-0.1, -0.05) is 0 Å². The van der Waals surface area contributed by atoms with Crippen LogP contribution in [0.25, 0.3) is 0 Å². The molecule has 1 unspecified atom stereocenters. The molecule has 2 aliphatic rings. The van der Waals surface area contributed by atoms with Crippen molar-refractivity contribution in [3.05, 3.63) is 24.5 Å². The molecule has 0 aromatic carbocycles. The molecule has 0 radical (unpaired) electrons. The van der Waals surface area contributed by atoms with Crippen LogP contribution < -0.4 is 4.74 Å². The largest absolute Gasteiger partial charge is 0.493 e. The smallest absolute Gasteiger partial charge is 0.216 e. The van der Waals surface area contributed by atoms with Crippen molar-refractivity contribution in [3.8, 4) is 5.75 Å². The van der Waals surface area contributed by atoms with Gasteiger partial charge >= 0.3 is 0 Å². The normalized spacial score (nSPS) is 24.0. The van der Waals surface area contributed by atoms with Crippen molar-refractivity contribution in [2.24, 2.45) is 5.92 Å². The van der Waals surface area contributed by atoms with Gasteiger partial charge in [-0.15, -0.1) is 0 Å². The summed E-state index contributed by atoms with van der Waals surface area (Å²) >= 11 is 0. The van der Waals surface area contributed by atoms with Gasteiger partial charge in [-0.3, -0.25) is 4.98 Å². The second-order valence-corrected chi connectivity index (χ2v) is 10.2. The molecule has 1 atom stereocenters. The molecule has 3 rings (SSSR count). The standard InChI is InChI=1S/C19H30N2O4S/c1-16(2)26(22,23)21-11-7-19(8-12-21)15-17(6-14-25-19)5-13-24-18-3-9-20-10-4-18/h3-4,9-10,16-17H,5-8,11-15H2,1-2H3. The van der Waals surface area contributed by atoms with Crippen molar-refractivity contribution in [3.63, 3.8) is 0 Å². The summed E-state index contributed by atoms with van der Waals surface area (Å²) in [7, 11) is -3.16. The highest BCUT2D eigenvalue weighted by Gasteiger charge is 2.42. The van der Waals surface area contributed by atoms with E-state index in [1.807, 2.05) is 12.1 Å². The SMILES string of the molecule is CC(C)S(=O)(=O)N1CCC2(CC1)CC(CCOc1ccncc1)CCO2. The lowest BCUT2D eigenvalue weighted by Crippen LogP contribution is -2.51. The topological polar surface area (TPSA) is 68.7 Å². The zero-order chi connectivity index (χ0) is 18.6. The average Bonchev–Trinajstić information content (AvgIpc) is 2.63. The van der Waals surface area contributed by atoms with Gasteiger partial charge in [-0.2, -0.15) is 0 Å². The highest BCUT2D eigenvalue weighted by molar-refractivity contribution is 7.89. The van der Waals surface area contributed by atoms with Crippen molar-refractivity contribution in [2.45, 2.75) is 56.8 Å². The highest BCUT2D eigenvalue weighted by Crippen LogP contribution is 2.39. The van der Waals surface area contributed by atoms with Crippen LogP contribution >= 0.6 is 0 Å². The van der Waals surface area contributed by atoms with Crippen molar-refractivity contribution in [1.29, 1.82) is 0 Å². The number of pyridine rings is 1. The number of aromatic nitrogens is 1. The maximum atomic E-state index is 12.4. The van der Waals surface area contributed by atoms with E-state index in [1.165, 1.54) is 0 Å². The predicted octanol–water partition coefficient (Wildman–Crippen LogP) is 2.85. The third-order valence-corrected chi connectivity index (χ3v) is 7.91. The first-order valence-corrected chi connectivity index (χ1v) is 11.1. The minimum atomic E-state index is -3.16. The molecule has 7 heteroatoms. The number of sulfonamides is 1. The number of rotatable bonds is 6. The molecule has 3 heterocycles. The van der Waals surface area contributed by atoms with E-state index in [9.17, 15) is 8.42 Å². The molecule has 0 aliphatic carbocycles. The van der Waals surface area contributed by atoms with Crippen LogP contribution in [0.5, 0.6) is 5.75 Å². The molecule has 1 spiro atoms. The number of piperidine rings is 1. The molecule has 1 aromatic heterocycles. The van der Waals surface area contributed by atoms with E-state index in [2.05, 4.69) is 4.98 Å². The Hall–Kier alpha value is -1.18. The van der Waals surface area contributed by atoms with Crippen LogP contribution in [0.3, 0.4) is 0 Å². The summed E-state index contributed by atoms with van der Waals surface area (Å²) < 4.78 is 38.3. The van der Waals surface area contributed by atoms with E-state index >= 15 is 0 Å². The predicted molar refractivity (Wildman–Crippen MR) is 101 cm³/mol. The summed E-state index contributed by atoms with van der Waals surface area (Å²) in [6, 6.07) is 3.74. The minimum absolute atomic E-state index is 0.150. The van der Waals surface area contributed by atoms with Gasteiger partial charge in [0.05, 0.1) is 17.5 Å². The second-order valence-electron chi connectivity index (χ2n) is 7.70. The van der Waals surface area contributed by atoms with Crippen LogP contribution in [0.1, 0.15) is 46.0 Å². The summed E-state index contributed by atoms with van der Waals surface area (Å²) in [4.78, 5) is 3.99. The molecule has 1 aromatic rings. The van der Waals surface area contributed by atoms with E-state index in [1.54, 1.807) is 30.5 Å². The van der Waals surface area contributed by atoms with Gasteiger partial charge < -0.3 is 9.47 Å². The van der Waals surface area contributed by atoms with E-state index < -0.39 is 10.0 Å². The number of hydrogen-bond donors (Lipinski definition) is 0. The molecule has 2 saturated heterocycles. The summed E-state index contributed by atoms with van der Waals surface area (Å²) in [6.07, 6.45) is 8.11. The maximum Gasteiger partial charge on any atom is 0.216 e. The maximum absolute atomic E-state index is 12.4. The molecular weight excluding hydrogens is 352 g/mol. The molecule has 0 saturated carbocycles. The van der Waals surface area contributed by atoms with Crippen LogP contribution in [0.2, 0.25) is 0 Å². The van der Waals surface area contributed by atoms with Crippen LogP contribution in [0.4, 0.5) is 0 Å². The zero-order valence-electron chi connectivity index (χ0n) is 15.8. The van der Waals surface area contributed by atoms with Gasteiger partial charge in [-0.05, 0) is 64.0 Å². The first-order chi connectivity index (χ1) is 12.4. The fourth-order valence-electron chi connectivity index (χ4n) is 3.95. The first-order valence-electron chi connectivity index (χ1n) is 9.57. The van der Waals surface area contributed by atoms with Crippen molar-refractivity contribution in [2.75, 3.05) is 26.3 Å². The van der Waals surface area contributed by atoms with E-state index in [0.717, 1.165) is 44.5 Å². The monoisotopic (exact) mass is 382 g/mol. The Kier molecular flexibility index (Phi) is 6.20. The van der Waals surface area contributed by atoms with E-state index in [4.69, 9.17) is 9.47 Å².